The van der Waals surface area contributed by atoms with Gasteiger partial charge in [0.2, 0.25) is 5.91 Å². The molecule has 160 valence electrons. The topological polar surface area (TPSA) is 61.4 Å². The summed E-state index contributed by atoms with van der Waals surface area (Å²) in [6.07, 6.45) is 4.46. The van der Waals surface area contributed by atoms with Crippen LogP contribution in [0.1, 0.15) is 62.4 Å². The smallest absolute Gasteiger partial charge is 0.251 e. The molecule has 1 aromatic carbocycles. The summed E-state index contributed by atoms with van der Waals surface area (Å²) < 4.78 is 13.5. The van der Waals surface area contributed by atoms with Gasteiger partial charge in [0.05, 0.1) is 6.54 Å². The third-order valence-electron chi connectivity index (χ3n) is 6.02. The molecule has 2 fully saturated rings. The number of benzene rings is 1. The average molecular weight is 404 g/mol. The van der Waals surface area contributed by atoms with Gasteiger partial charge in [-0.05, 0) is 88.5 Å². The summed E-state index contributed by atoms with van der Waals surface area (Å²) in [5.41, 5.74) is 1.30. The van der Waals surface area contributed by atoms with Gasteiger partial charge in [-0.1, -0.05) is 0 Å². The molecular formula is C23H34FN3O2. The highest BCUT2D eigenvalue weighted by molar-refractivity contribution is 5.94. The van der Waals surface area contributed by atoms with Crippen molar-refractivity contribution in [3.8, 4) is 0 Å². The van der Waals surface area contributed by atoms with E-state index in [4.69, 9.17) is 0 Å². The zero-order chi connectivity index (χ0) is 21.2. The minimum Gasteiger partial charge on any atom is -0.352 e. The normalized spacial score (nSPS) is 19.6. The van der Waals surface area contributed by atoms with Gasteiger partial charge in [-0.3, -0.25) is 14.5 Å². The van der Waals surface area contributed by atoms with Crippen LogP contribution in [-0.2, 0) is 4.79 Å². The van der Waals surface area contributed by atoms with Crippen molar-refractivity contribution in [2.45, 2.75) is 58.9 Å². The van der Waals surface area contributed by atoms with E-state index in [-0.39, 0.29) is 23.2 Å². The number of carbonyl (C=O) groups excluding carboxylic acids is 2. The first-order valence-electron chi connectivity index (χ1n) is 10.6. The zero-order valence-corrected chi connectivity index (χ0v) is 18.1. The lowest BCUT2D eigenvalue weighted by Crippen LogP contribution is -2.60. The van der Waals surface area contributed by atoms with Gasteiger partial charge in [-0.25, -0.2) is 4.39 Å². The molecule has 1 spiro atoms. The summed E-state index contributed by atoms with van der Waals surface area (Å²) in [5, 5.41) is 5.99. The van der Waals surface area contributed by atoms with E-state index in [9.17, 15) is 14.0 Å². The number of rotatable bonds is 5. The molecule has 2 amide bonds. The molecule has 2 aliphatic rings. The van der Waals surface area contributed by atoms with Gasteiger partial charge < -0.3 is 10.6 Å². The van der Waals surface area contributed by atoms with Crippen LogP contribution in [0.2, 0.25) is 0 Å². The predicted molar refractivity (Wildman–Crippen MR) is 112 cm³/mol. The van der Waals surface area contributed by atoms with Crippen molar-refractivity contribution in [1.82, 2.24) is 15.5 Å². The number of carbonyl (C=O) groups is 2. The van der Waals surface area contributed by atoms with Crippen LogP contribution in [0.25, 0.3) is 0 Å². The number of amides is 2. The minimum absolute atomic E-state index is 0.0938. The second-order valence-corrected chi connectivity index (χ2v) is 10.1. The molecule has 1 saturated heterocycles. The van der Waals surface area contributed by atoms with Crippen molar-refractivity contribution in [2.24, 2.45) is 11.3 Å². The molecule has 0 bridgehead atoms. The van der Waals surface area contributed by atoms with Gasteiger partial charge >= 0.3 is 0 Å². The van der Waals surface area contributed by atoms with Crippen LogP contribution in [-0.4, -0.2) is 48.4 Å². The summed E-state index contributed by atoms with van der Waals surface area (Å²) in [6, 6.07) is 4.43. The van der Waals surface area contributed by atoms with Crippen molar-refractivity contribution < 1.29 is 14.0 Å². The van der Waals surface area contributed by atoms with Crippen molar-refractivity contribution >= 4 is 11.8 Å². The average Bonchev–Trinajstić information content (AvgIpc) is 2.57. The molecule has 0 unspecified atom stereocenters. The standard InChI is InChI=1S/C23H34FN3O2/c1-16-9-18(11-19(24)10-16)21(29)25-12-17-5-7-23(8-6-17)14-27(15-23)13-20(28)26-22(2,3)4/h9-11,17H,5-8,12-15H2,1-4H3,(H,25,29)(H,26,28). The van der Waals surface area contributed by atoms with Crippen LogP contribution in [0.5, 0.6) is 0 Å². The fraction of sp³-hybridized carbons (Fsp3) is 0.652. The SMILES string of the molecule is Cc1cc(F)cc(C(=O)NCC2CCC3(CC2)CN(CC(=O)NC(C)(C)C)C3)c1. The van der Waals surface area contributed by atoms with Gasteiger partial charge in [0.15, 0.2) is 0 Å². The Bertz CT molecular complexity index is 736. The first-order valence-corrected chi connectivity index (χ1v) is 10.6. The first kappa shape index (κ1) is 21.8. The molecule has 1 heterocycles. The van der Waals surface area contributed by atoms with E-state index in [0.717, 1.165) is 44.3 Å². The Hall–Kier alpha value is -1.95. The number of nitrogens with one attached hydrogen (secondary N) is 2. The zero-order valence-electron chi connectivity index (χ0n) is 18.1. The summed E-state index contributed by atoms with van der Waals surface area (Å²) in [7, 11) is 0. The fourth-order valence-electron chi connectivity index (χ4n) is 4.69. The minimum atomic E-state index is -0.375. The van der Waals surface area contributed by atoms with E-state index < -0.39 is 0 Å². The first-order chi connectivity index (χ1) is 13.5. The van der Waals surface area contributed by atoms with Crippen LogP contribution in [0.15, 0.2) is 18.2 Å². The molecule has 0 radical (unpaired) electrons. The van der Waals surface area contributed by atoms with Crippen molar-refractivity contribution in [3.63, 3.8) is 0 Å². The highest BCUT2D eigenvalue weighted by atomic mass is 19.1. The predicted octanol–water partition coefficient (Wildman–Crippen LogP) is 3.27. The Kier molecular flexibility index (Phi) is 6.32. The van der Waals surface area contributed by atoms with Crippen LogP contribution in [0.4, 0.5) is 4.39 Å². The molecule has 29 heavy (non-hydrogen) atoms. The number of hydrogen-bond donors (Lipinski definition) is 2. The van der Waals surface area contributed by atoms with Crippen molar-refractivity contribution in [2.75, 3.05) is 26.2 Å². The molecule has 1 aromatic rings. The second kappa shape index (κ2) is 8.42. The van der Waals surface area contributed by atoms with Crippen LogP contribution >= 0.6 is 0 Å². The van der Waals surface area contributed by atoms with E-state index in [1.165, 1.54) is 12.1 Å². The number of aryl methyl sites for hydroxylation is 1. The number of likely N-dealkylation sites (tertiary alicyclic amines) is 1. The molecule has 5 nitrogen and oxygen atoms in total. The maximum Gasteiger partial charge on any atom is 0.251 e. The van der Waals surface area contributed by atoms with E-state index in [2.05, 4.69) is 15.5 Å². The van der Waals surface area contributed by atoms with Crippen molar-refractivity contribution in [3.05, 3.63) is 35.1 Å². The molecule has 3 rings (SSSR count). The van der Waals surface area contributed by atoms with Crippen LogP contribution < -0.4 is 10.6 Å². The quantitative estimate of drug-likeness (QED) is 0.793. The van der Waals surface area contributed by atoms with Gasteiger partial charge in [-0.2, -0.15) is 0 Å². The van der Waals surface area contributed by atoms with E-state index in [0.29, 0.717) is 30.0 Å². The third-order valence-corrected chi connectivity index (χ3v) is 6.02. The highest BCUT2D eigenvalue weighted by Crippen LogP contribution is 2.45. The Morgan fingerprint density at radius 1 is 1.17 bits per heavy atom. The van der Waals surface area contributed by atoms with Gasteiger partial charge in [-0.15, -0.1) is 0 Å². The number of hydrogen-bond acceptors (Lipinski definition) is 3. The Balaban J connectivity index is 1.38. The largest absolute Gasteiger partial charge is 0.352 e. The summed E-state index contributed by atoms with van der Waals surface area (Å²) in [4.78, 5) is 26.6. The molecule has 0 atom stereocenters. The molecule has 1 aliphatic carbocycles. The Morgan fingerprint density at radius 2 is 1.83 bits per heavy atom. The third kappa shape index (κ3) is 6.01. The van der Waals surface area contributed by atoms with E-state index in [1.807, 2.05) is 20.8 Å². The summed E-state index contributed by atoms with van der Waals surface area (Å²) >= 11 is 0. The molecule has 1 aliphatic heterocycles. The molecule has 1 saturated carbocycles. The maximum absolute atomic E-state index is 13.5. The van der Waals surface area contributed by atoms with E-state index >= 15 is 0 Å². The number of nitrogens with zero attached hydrogens (tertiary/aromatic N) is 1. The molecule has 2 N–H and O–H groups in total. The number of halogens is 1. The fourth-order valence-corrected chi connectivity index (χ4v) is 4.69. The monoisotopic (exact) mass is 403 g/mol. The summed E-state index contributed by atoms with van der Waals surface area (Å²) in [5.74, 6) is -0.0122. The molecule has 0 aromatic heterocycles. The molecular weight excluding hydrogens is 369 g/mol. The van der Waals surface area contributed by atoms with Gasteiger partial charge in [0.25, 0.3) is 5.91 Å². The van der Waals surface area contributed by atoms with Crippen LogP contribution in [0, 0.1) is 24.1 Å². The Morgan fingerprint density at radius 3 is 2.41 bits per heavy atom. The second-order valence-electron chi connectivity index (χ2n) is 10.1. The lowest BCUT2D eigenvalue weighted by molar-refractivity contribution is -0.128. The lowest BCUT2D eigenvalue weighted by atomic mass is 9.66. The highest BCUT2D eigenvalue weighted by Gasteiger charge is 2.45. The van der Waals surface area contributed by atoms with Gasteiger partial charge in [0, 0.05) is 30.7 Å². The van der Waals surface area contributed by atoms with Gasteiger partial charge in [0.1, 0.15) is 5.82 Å². The van der Waals surface area contributed by atoms with Crippen LogP contribution in [0.3, 0.4) is 0 Å². The van der Waals surface area contributed by atoms with E-state index in [1.54, 1.807) is 13.0 Å². The maximum atomic E-state index is 13.5. The molecule has 6 heteroatoms. The Labute approximate surface area is 173 Å². The van der Waals surface area contributed by atoms with Crippen molar-refractivity contribution in [1.29, 1.82) is 0 Å². The lowest BCUT2D eigenvalue weighted by Gasteiger charge is -2.53. The summed E-state index contributed by atoms with van der Waals surface area (Å²) in [6.45, 7) is 10.9.